The van der Waals surface area contributed by atoms with Crippen LogP contribution in [0.5, 0.6) is 0 Å². The molecule has 0 saturated carbocycles. The highest BCUT2D eigenvalue weighted by molar-refractivity contribution is 5.87. The summed E-state index contributed by atoms with van der Waals surface area (Å²) in [5, 5.41) is 2.16. The number of benzene rings is 1. The van der Waals surface area contributed by atoms with Gasteiger partial charge in [0.1, 0.15) is 5.82 Å². The van der Waals surface area contributed by atoms with E-state index in [-0.39, 0.29) is 12.2 Å². The number of amides is 2. The third-order valence-electron chi connectivity index (χ3n) is 1.52. The SMILES string of the molecule is NCc1ccc(F)c(NC(N)=O)c1. The lowest BCUT2D eigenvalue weighted by Gasteiger charge is -2.04. The lowest BCUT2D eigenvalue weighted by atomic mass is 10.2. The van der Waals surface area contributed by atoms with Crippen LogP contribution >= 0.6 is 0 Å². The minimum Gasteiger partial charge on any atom is -0.351 e. The van der Waals surface area contributed by atoms with E-state index in [0.29, 0.717) is 0 Å². The fraction of sp³-hybridized carbons (Fsp3) is 0.125. The summed E-state index contributed by atoms with van der Waals surface area (Å²) in [6.07, 6.45) is 0. The molecule has 0 spiro atoms. The Kier molecular flexibility index (Phi) is 2.81. The average molecular weight is 183 g/mol. The van der Waals surface area contributed by atoms with Gasteiger partial charge in [-0.3, -0.25) is 0 Å². The number of carbonyl (C=O) groups excluding carboxylic acids is 1. The molecule has 5 heteroatoms. The molecule has 0 saturated heterocycles. The maximum Gasteiger partial charge on any atom is 0.316 e. The second-order valence-corrected chi connectivity index (χ2v) is 2.51. The van der Waals surface area contributed by atoms with Crippen molar-refractivity contribution in [2.45, 2.75) is 6.54 Å². The van der Waals surface area contributed by atoms with E-state index in [0.717, 1.165) is 5.56 Å². The normalized spacial score (nSPS) is 9.69. The van der Waals surface area contributed by atoms with Crippen LogP contribution in [0.25, 0.3) is 0 Å². The maximum absolute atomic E-state index is 13.0. The summed E-state index contributed by atoms with van der Waals surface area (Å²) in [5.41, 5.74) is 10.9. The van der Waals surface area contributed by atoms with Crippen LogP contribution in [0, 0.1) is 5.82 Å². The van der Waals surface area contributed by atoms with E-state index in [9.17, 15) is 9.18 Å². The first-order chi connectivity index (χ1) is 6.13. The van der Waals surface area contributed by atoms with Gasteiger partial charge in [-0.2, -0.15) is 0 Å². The molecule has 0 radical (unpaired) electrons. The van der Waals surface area contributed by atoms with E-state index in [2.05, 4.69) is 5.32 Å². The molecule has 0 unspecified atom stereocenters. The number of nitrogens with one attached hydrogen (secondary N) is 1. The first-order valence-electron chi connectivity index (χ1n) is 3.68. The zero-order chi connectivity index (χ0) is 9.84. The standard InChI is InChI=1S/C8H10FN3O/c9-6-2-1-5(4-10)3-7(6)12-8(11)13/h1-3H,4,10H2,(H3,11,12,13). The molecule has 1 rings (SSSR count). The van der Waals surface area contributed by atoms with Gasteiger partial charge in [-0.05, 0) is 17.7 Å². The van der Waals surface area contributed by atoms with E-state index in [4.69, 9.17) is 11.5 Å². The molecule has 0 aliphatic rings. The molecule has 70 valence electrons. The van der Waals surface area contributed by atoms with E-state index >= 15 is 0 Å². The molecule has 2 amide bonds. The smallest absolute Gasteiger partial charge is 0.316 e. The van der Waals surface area contributed by atoms with Crippen LogP contribution in [0.3, 0.4) is 0 Å². The molecule has 1 aromatic carbocycles. The van der Waals surface area contributed by atoms with Gasteiger partial charge in [0.2, 0.25) is 0 Å². The number of hydrogen-bond donors (Lipinski definition) is 3. The summed E-state index contributed by atoms with van der Waals surface area (Å²) >= 11 is 0. The summed E-state index contributed by atoms with van der Waals surface area (Å²) in [7, 11) is 0. The number of nitrogens with two attached hydrogens (primary N) is 2. The molecule has 0 fully saturated rings. The lowest BCUT2D eigenvalue weighted by molar-refractivity contribution is 0.259. The highest BCUT2D eigenvalue weighted by Gasteiger charge is 2.04. The molecular weight excluding hydrogens is 173 g/mol. The Bertz CT molecular complexity index is 327. The molecule has 1 aromatic rings. The van der Waals surface area contributed by atoms with Crippen molar-refractivity contribution in [1.29, 1.82) is 0 Å². The molecule has 0 aliphatic heterocycles. The van der Waals surface area contributed by atoms with Crippen molar-refractivity contribution < 1.29 is 9.18 Å². The van der Waals surface area contributed by atoms with Crippen LogP contribution in [0.1, 0.15) is 5.56 Å². The van der Waals surface area contributed by atoms with Gasteiger partial charge in [-0.1, -0.05) is 6.07 Å². The predicted octanol–water partition coefficient (Wildman–Crippen LogP) is 0.775. The quantitative estimate of drug-likeness (QED) is 0.633. The van der Waals surface area contributed by atoms with Crippen LogP contribution in [0.4, 0.5) is 14.9 Å². The van der Waals surface area contributed by atoms with Crippen LogP contribution in [0.2, 0.25) is 0 Å². The molecule has 0 aliphatic carbocycles. The summed E-state index contributed by atoms with van der Waals surface area (Å²) in [4.78, 5) is 10.4. The summed E-state index contributed by atoms with van der Waals surface area (Å²) in [6.45, 7) is 0.285. The molecule has 4 nitrogen and oxygen atoms in total. The van der Waals surface area contributed by atoms with Gasteiger partial charge in [-0.15, -0.1) is 0 Å². The minimum atomic E-state index is -0.798. The van der Waals surface area contributed by atoms with Crippen molar-refractivity contribution in [2.75, 3.05) is 5.32 Å². The predicted molar refractivity (Wildman–Crippen MR) is 47.5 cm³/mol. The van der Waals surface area contributed by atoms with Crippen molar-refractivity contribution in [3.05, 3.63) is 29.6 Å². The Morgan fingerprint density at radius 1 is 1.54 bits per heavy atom. The zero-order valence-corrected chi connectivity index (χ0v) is 6.88. The number of urea groups is 1. The Labute approximate surface area is 74.7 Å². The number of hydrogen-bond acceptors (Lipinski definition) is 2. The molecular formula is C8H10FN3O. The van der Waals surface area contributed by atoms with Crippen molar-refractivity contribution in [3.63, 3.8) is 0 Å². The molecule has 0 bridgehead atoms. The molecule has 5 N–H and O–H groups in total. The highest BCUT2D eigenvalue weighted by atomic mass is 19.1. The van der Waals surface area contributed by atoms with Crippen LogP contribution < -0.4 is 16.8 Å². The second kappa shape index (κ2) is 3.86. The van der Waals surface area contributed by atoms with Crippen LogP contribution in [-0.4, -0.2) is 6.03 Å². The Hall–Kier alpha value is -1.62. The Balaban J connectivity index is 2.96. The Morgan fingerprint density at radius 3 is 2.77 bits per heavy atom. The van der Waals surface area contributed by atoms with E-state index < -0.39 is 11.8 Å². The van der Waals surface area contributed by atoms with Crippen molar-refractivity contribution in [1.82, 2.24) is 0 Å². The zero-order valence-electron chi connectivity index (χ0n) is 6.88. The van der Waals surface area contributed by atoms with Gasteiger partial charge >= 0.3 is 6.03 Å². The monoisotopic (exact) mass is 183 g/mol. The van der Waals surface area contributed by atoms with E-state index in [1.54, 1.807) is 6.07 Å². The Morgan fingerprint density at radius 2 is 2.23 bits per heavy atom. The largest absolute Gasteiger partial charge is 0.351 e. The van der Waals surface area contributed by atoms with Crippen molar-refractivity contribution in [3.8, 4) is 0 Å². The van der Waals surface area contributed by atoms with Gasteiger partial charge in [0, 0.05) is 6.54 Å². The summed E-state index contributed by atoms with van der Waals surface area (Å²) in [5.74, 6) is -0.531. The number of anilines is 1. The number of halogens is 1. The maximum atomic E-state index is 13.0. The third kappa shape index (κ3) is 2.41. The number of rotatable bonds is 2. The highest BCUT2D eigenvalue weighted by Crippen LogP contribution is 2.15. The van der Waals surface area contributed by atoms with Gasteiger partial charge < -0.3 is 16.8 Å². The van der Waals surface area contributed by atoms with Gasteiger partial charge in [0.05, 0.1) is 5.69 Å². The molecule has 0 atom stereocenters. The van der Waals surface area contributed by atoms with Crippen molar-refractivity contribution >= 4 is 11.7 Å². The minimum absolute atomic E-state index is 0.0513. The number of carbonyl (C=O) groups is 1. The third-order valence-corrected chi connectivity index (χ3v) is 1.52. The van der Waals surface area contributed by atoms with E-state index in [1.165, 1.54) is 12.1 Å². The lowest BCUT2D eigenvalue weighted by Crippen LogP contribution is -2.20. The summed E-state index contributed by atoms with van der Waals surface area (Å²) < 4.78 is 13.0. The fourth-order valence-electron chi connectivity index (χ4n) is 0.928. The van der Waals surface area contributed by atoms with Gasteiger partial charge in [0.25, 0.3) is 0 Å². The first kappa shape index (κ1) is 9.47. The molecule has 13 heavy (non-hydrogen) atoms. The topological polar surface area (TPSA) is 81.1 Å². The van der Waals surface area contributed by atoms with Gasteiger partial charge in [0.15, 0.2) is 0 Å². The molecule has 0 aromatic heterocycles. The number of primary amides is 1. The van der Waals surface area contributed by atoms with Crippen LogP contribution in [-0.2, 0) is 6.54 Å². The van der Waals surface area contributed by atoms with Crippen LogP contribution in [0.15, 0.2) is 18.2 Å². The first-order valence-corrected chi connectivity index (χ1v) is 3.68. The molecule has 0 heterocycles. The average Bonchev–Trinajstić information content (AvgIpc) is 2.08. The van der Waals surface area contributed by atoms with E-state index in [1.807, 2.05) is 0 Å². The second-order valence-electron chi connectivity index (χ2n) is 2.51. The van der Waals surface area contributed by atoms with Crippen molar-refractivity contribution in [2.24, 2.45) is 11.5 Å². The fourth-order valence-corrected chi connectivity index (χ4v) is 0.928. The van der Waals surface area contributed by atoms with Gasteiger partial charge in [-0.25, -0.2) is 9.18 Å². The summed E-state index contributed by atoms with van der Waals surface area (Å²) in [6, 6.07) is 3.42.